The Morgan fingerprint density at radius 3 is 2.37 bits per heavy atom. The first kappa shape index (κ1) is 33.8. The van der Waals surface area contributed by atoms with Gasteiger partial charge in [0, 0.05) is 55.0 Å². The van der Waals surface area contributed by atoms with E-state index >= 15 is 0 Å². The monoisotopic (exact) mass is 666 g/mol. The largest absolute Gasteiger partial charge is 0.371 e. The number of hydrogen-bond acceptors (Lipinski definition) is 6. The highest BCUT2D eigenvalue weighted by atomic mass is 35.5. The number of hydrogen-bond donors (Lipinski definition) is 2. The van der Waals surface area contributed by atoms with Gasteiger partial charge in [0.15, 0.2) is 0 Å². The smallest absolute Gasteiger partial charge is 0.260 e. The number of imidazole rings is 1. The van der Waals surface area contributed by atoms with Crippen molar-refractivity contribution in [3.8, 4) is 0 Å². The Labute approximate surface area is 281 Å². The Balaban J connectivity index is 1.49. The SMILES string of the molecule is CC1CCN(c2cc3c(cc2C(=O)Nc2cc(C(C)(C)C)no2)nc(Cc2c(Cl)ccc(CNC(=O)C(C)(C)C)c2Cl)n3C)CC1. The van der Waals surface area contributed by atoms with Crippen molar-refractivity contribution in [3.05, 3.63) is 68.6 Å². The van der Waals surface area contributed by atoms with Gasteiger partial charge in [-0.05, 0) is 48.1 Å². The molecule has 0 unspecified atom stereocenters. The molecule has 0 aliphatic carbocycles. The predicted octanol–water partition coefficient (Wildman–Crippen LogP) is 7.91. The third kappa shape index (κ3) is 7.20. The van der Waals surface area contributed by atoms with Crippen LogP contribution in [-0.2, 0) is 30.2 Å². The number of aryl methyl sites for hydroxylation is 1. The Morgan fingerprint density at radius 2 is 1.74 bits per heavy atom. The molecular formula is C35H44Cl2N6O3. The molecule has 2 aromatic carbocycles. The Bertz CT molecular complexity index is 1770. The lowest BCUT2D eigenvalue weighted by Gasteiger charge is -2.33. The van der Waals surface area contributed by atoms with Gasteiger partial charge in [-0.25, -0.2) is 4.98 Å². The summed E-state index contributed by atoms with van der Waals surface area (Å²) in [7, 11) is 1.96. The molecule has 1 saturated heterocycles. The minimum Gasteiger partial charge on any atom is -0.371 e. The molecule has 1 aliphatic rings. The van der Waals surface area contributed by atoms with Gasteiger partial charge in [-0.15, -0.1) is 0 Å². The fourth-order valence-corrected chi connectivity index (χ4v) is 6.11. The second-order valence-corrected chi connectivity index (χ2v) is 15.3. The topological polar surface area (TPSA) is 105 Å². The van der Waals surface area contributed by atoms with Gasteiger partial charge >= 0.3 is 0 Å². The number of aromatic nitrogens is 3. The maximum atomic E-state index is 13.8. The van der Waals surface area contributed by atoms with Crippen LogP contribution in [0.1, 0.15) is 94.3 Å². The fourth-order valence-electron chi connectivity index (χ4n) is 5.54. The number of anilines is 2. The predicted molar refractivity (Wildman–Crippen MR) is 185 cm³/mol. The number of fused-ring (bicyclic) bond motifs is 1. The lowest BCUT2D eigenvalue weighted by molar-refractivity contribution is -0.128. The quantitative estimate of drug-likeness (QED) is 0.208. The summed E-state index contributed by atoms with van der Waals surface area (Å²) in [6.45, 7) is 16.0. The zero-order valence-corrected chi connectivity index (χ0v) is 29.5. The molecule has 2 N–H and O–H groups in total. The highest BCUT2D eigenvalue weighted by molar-refractivity contribution is 6.36. The summed E-state index contributed by atoms with van der Waals surface area (Å²) in [6.07, 6.45) is 2.47. The number of benzene rings is 2. The van der Waals surface area contributed by atoms with Crippen LogP contribution in [0.4, 0.5) is 11.6 Å². The van der Waals surface area contributed by atoms with Crippen molar-refractivity contribution in [1.29, 1.82) is 0 Å². The number of nitrogens with one attached hydrogen (secondary N) is 2. The summed E-state index contributed by atoms with van der Waals surface area (Å²) in [5.41, 5.74) is 4.50. The van der Waals surface area contributed by atoms with Gasteiger partial charge in [0.2, 0.25) is 11.8 Å². The molecule has 3 heterocycles. The first-order valence-corrected chi connectivity index (χ1v) is 16.6. The van der Waals surface area contributed by atoms with Gasteiger partial charge in [0.25, 0.3) is 5.91 Å². The van der Waals surface area contributed by atoms with Gasteiger partial charge in [-0.1, -0.05) is 82.9 Å². The molecule has 246 valence electrons. The number of amides is 2. The van der Waals surface area contributed by atoms with E-state index in [0.29, 0.717) is 45.9 Å². The van der Waals surface area contributed by atoms with E-state index in [1.54, 1.807) is 12.1 Å². The molecule has 1 fully saturated rings. The van der Waals surface area contributed by atoms with E-state index in [4.69, 9.17) is 32.7 Å². The van der Waals surface area contributed by atoms with Crippen molar-refractivity contribution in [3.63, 3.8) is 0 Å². The molecule has 2 amide bonds. The van der Waals surface area contributed by atoms with Crippen molar-refractivity contribution in [1.82, 2.24) is 20.0 Å². The molecule has 0 radical (unpaired) electrons. The average molecular weight is 668 g/mol. The van der Waals surface area contributed by atoms with Crippen molar-refractivity contribution < 1.29 is 14.1 Å². The molecule has 11 heteroatoms. The van der Waals surface area contributed by atoms with Crippen LogP contribution in [0, 0.1) is 11.3 Å². The molecule has 0 bridgehead atoms. The molecule has 0 spiro atoms. The number of nitrogens with zero attached hydrogens (tertiary/aromatic N) is 4. The molecule has 2 aromatic heterocycles. The van der Waals surface area contributed by atoms with E-state index < -0.39 is 5.41 Å². The minimum absolute atomic E-state index is 0.0628. The van der Waals surface area contributed by atoms with Gasteiger partial charge in [-0.2, -0.15) is 0 Å². The van der Waals surface area contributed by atoms with Crippen LogP contribution < -0.4 is 15.5 Å². The minimum atomic E-state index is -0.514. The summed E-state index contributed by atoms with van der Waals surface area (Å²) >= 11 is 13.5. The number of piperidine rings is 1. The molecular weight excluding hydrogens is 623 g/mol. The molecule has 5 rings (SSSR count). The van der Waals surface area contributed by atoms with E-state index in [2.05, 4.69) is 33.7 Å². The average Bonchev–Trinajstić information content (AvgIpc) is 3.58. The van der Waals surface area contributed by atoms with E-state index in [1.807, 2.05) is 65.3 Å². The number of rotatable bonds is 7. The second kappa shape index (κ2) is 12.9. The fraction of sp³-hybridized carbons (Fsp3) is 0.486. The van der Waals surface area contributed by atoms with Gasteiger partial charge in [-0.3, -0.25) is 14.9 Å². The summed E-state index contributed by atoms with van der Waals surface area (Å²) in [5.74, 6) is 1.34. The van der Waals surface area contributed by atoms with Crippen LogP contribution in [0.15, 0.2) is 34.9 Å². The Hall–Kier alpha value is -3.56. The highest BCUT2D eigenvalue weighted by Crippen LogP contribution is 2.34. The third-order valence-electron chi connectivity index (χ3n) is 8.70. The molecule has 0 saturated carbocycles. The molecule has 9 nitrogen and oxygen atoms in total. The third-order valence-corrected chi connectivity index (χ3v) is 9.52. The first-order chi connectivity index (χ1) is 21.5. The van der Waals surface area contributed by atoms with Crippen LogP contribution in [0.2, 0.25) is 10.0 Å². The molecule has 46 heavy (non-hydrogen) atoms. The lowest BCUT2D eigenvalue weighted by Crippen LogP contribution is -2.34. The standard InChI is InChI=1S/C35H44Cl2N6O3/c1-20-11-13-43(14-12-20)26-17-27-25(15-23(26)32(44)40-30-18-28(41-46-30)34(2,3)4)39-29(42(27)8)16-22-24(36)10-9-21(31(22)37)19-38-33(45)35(5,6)7/h9-10,15,17-18,20H,11-14,16,19H2,1-8H3,(H,38,45)(H,40,44). The number of carbonyl (C=O) groups is 2. The maximum Gasteiger partial charge on any atom is 0.260 e. The van der Waals surface area contributed by atoms with E-state index in [0.717, 1.165) is 59.8 Å². The zero-order valence-electron chi connectivity index (χ0n) is 28.0. The maximum absolute atomic E-state index is 13.8. The summed E-state index contributed by atoms with van der Waals surface area (Å²) in [4.78, 5) is 33.5. The summed E-state index contributed by atoms with van der Waals surface area (Å²) in [6, 6.07) is 9.31. The highest BCUT2D eigenvalue weighted by Gasteiger charge is 2.26. The van der Waals surface area contributed by atoms with Crippen molar-refractivity contribution >= 4 is 57.6 Å². The Morgan fingerprint density at radius 1 is 1.04 bits per heavy atom. The van der Waals surface area contributed by atoms with Gasteiger partial charge in [0.05, 0.1) is 33.0 Å². The zero-order chi connectivity index (χ0) is 33.6. The van der Waals surface area contributed by atoms with Crippen LogP contribution in [0.25, 0.3) is 11.0 Å². The summed E-state index contributed by atoms with van der Waals surface area (Å²) in [5, 5.41) is 11.1. The van der Waals surface area contributed by atoms with Crippen LogP contribution >= 0.6 is 23.2 Å². The normalized spacial score (nSPS) is 14.6. The van der Waals surface area contributed by atoms with Crippen LogP contribution in [0.3, 0.4) is 0 Å². The van der Waals surface area contributed by atoms with Crippen molar-refractivity contribution in [2.75, 3.05) is 23.3 Å². The molecule has 0 atom stereocenters. The Kier molecular flexibility index (Phi) is 9.49. The van der Waals surface area contributed by atoms with Crippen molar-refractivity contribution in [2.45, 2.75) is 79.7 Å². The molecule has 1 aliphatic heterocycles. The van der Waals surface area contributed by atoms with E-state index in [1.165, 1.54) is 0 Å². The van der Waals surface area contributed by atoms with E-state index in [-0.39, 0.29) is 17.2 Å². The van der Waals surface area contributed by atoms with Crippen LogP contribution in [0.5, 0.6) is 0 Å². The number of halogens is 2. The summed E-state index contributed by atoms with van der Waals surface area (Å²) < 4.78 is 7.50. The van der Waals surface area contributed by atoms with Gasteiger partial charge in [0.1, 0.15) is 5.82 Å². The lowest BCUT2D eigenvalue weighted by atomic mass is 9.92. The molecule has 4 aromatic rings. The number of carbonyl (C=O) groups excluding carboxylic acids is 2. The second-order valence-electron chi connectivity index (χ2n) is 14.5. The van der Waals surface area contributed by atoms with Crippen LogP contribution in [-0.4, -0.2) is 39.6 Å². The van der Waals surface area contributed by atoms with E-state index in [9.17, 15) is 9.59 Å². The van der Waals surface area contributed by atoms with Crippen molar-refractivity contribution in [2.24, 2.45) is 18.4 Å². The first-order valence-electron chi connectivity index (χ1n) is 15.8. The van der Waals surface area contributed by atoms with Gasteiger partial charge < -0.3 is 19.3 Å².